The second-order valence-corrected chi connectivity index (χ2v) is 3.35. The van der Waals surface area contributed by atoms with E-state index in [1.54, 1.807) is 25.2 Å². The first kappa shape index (κ1) is 11.0. The Morgan fingerprint density at radius 2 is 2.12 bits per heavy atom. The van der Waals surface area contributed by atoms with Gasteiger partial charge in [-0.3, -0.25) is 10.1 Å². The highest BCUT2D eigenvalue weighted by Crippen LogP contribution is 2.22. The summed E-state index contributed by atoms with van der Waals surface area (Å²) < 4.78 is 0. The Bertz CT molecular complexity index is 557. The normalized spacial score (nSPS) is 9.94. The van der Waals surface area contributed by atoms with Crippen LogP contribution in [0.5, 0.6) is 0 Å². The lowest BCUT2D eigenvalue weighted by atomic mass is 10.1. The molecule has 1 aromatic carbocycles. The fraction of sp³-hybridized carbons (Fsp3) is 0.0909. The fourth-order valence-electron chi connectivity index (χ4n) is 1.43. The monoisotopic (exact) mass is 230 g/mol. The van der Waals surface area contributed by atoms with Crippen molar-refractivity contribution in [3.05, 3.63) is 46.8 Å². The molecule has 86 valence electrons. The number of non-ortho nitro benzene ring substituents is 1. The predicted octanol–water partition coefficient (Wildman–Crippen LogP) is 2.09. The van der Waals surface area contributed by atoms with Crippen LogP contribution in [-0.4, -0.2) is 21.9 Å². The van der Waals surface area contributed by atoms with Gasteiger partial charge in [0.05, 0.1) is 10.6 Å². The zero-order chi connectivity index (χ0) is 12.3. The number of benzene rings is 1. The first-order valence-corrected chi connectivity index (χ1v) is 4.95. The van der Waals surface area contributed by atoms with E-state index in [1.807, 2.05) is 0 Å². The van der Waals surface area contributed by atoms with E-state index in [2.05, 4.69) is 15.3 Å². The predicted molar refractivity (Wildman–Crippen MR) is 63.7 cm³/mol. The minimum atomic E-state index is -0.427. The lowest BCUT2D eigenvalue weighted by Crippen LogP contribution is -1.94. The third-order valence-corrected chi connectivity index (χ3v) is 2.28. The van der Waals surface area contributed by atoms with Gasteiger partial charge in [0.25, 0.3) is 5.69 Å². The zero-order valence-corrected chi connectivity index (χ0v) is 9.12. The van der Waals surface area contributed by atoms with Crippen LogP contribution in [-0.2, 0) is 0 Å². The number of nitrogens with zero attached hydrogens (tertiary/aromatic N) is 3. The molecule has 0 saturated carbocycles. The van der Waals surface area contributed by atoms with Crippen LogP contribution < -0.4 is 5.32 Å². The molecule has 6 heteroatoms. The van der Waals surface area contributed by atoms with Crippen molar-refractivity contribution in [3.8, 4) is 11.3 Å². The summed E-state index contributed by atoms with van der Waals surface area (Å²) in [7, 11) is 1.75. The summed E-state index contributed by atoms with van der Waals surface area (Å²) in [6.07, 6.45) is 1.42. The average Bonchev–Trinajstić information content (AvgIpc) is 2.39. The maximum Gasteiger partial charge on any atom is 0.270 e. The van der Waals surface area contributed by atoms with Crippen molar-refractivity contribution in [1.29, 1.82) is 0 Å². The number of aromatic nitrogens is 2. The van der Waals surface area contributed by atoms with Gasteiger partial charge < -0.3 is 5.32 Å². The van der Waals surface area contributed by atoms with Crippen molar-refractivity contribution in [1.82, 2.24) is 9.97 Å². The molecular weight excluding hydrogens is 220 g/mol. The highest BCUT2D eigenvalue weighted by molar-refractivity contribution is 5.64. The maximum atomic E-state index is 10.7. The number of rotatable bonds is 3. The summed E-state index contributed by atoms with van der Waals surface area (Å²) in [4.78, 5) is 18.3. The van der Waals surface area contributed by atoms with Crippen molar-refractivity contribution >= 4 is 11.5 Å². The first-order chi connectivity index (χ1) is 8.20. The molecule has 0 spiro atoms. The van der Waals surface area contributed by atoms with Crippen LogP contribution in [0.3, 0.4) is 0 Å². The second kappa shape index (κ2) is 4.56. The second-order valence-electron chi connectivity index (χ2n) is 3.35. The smallest absolute Gasteiger partial charge is 0.270 e. The van der Waals surface area contributed by atoms with Crippen molar-refractivity contribution in [2.45, 2.75) is 0 Å². The van der Waals surface area contributed by atoms with E-state index in [0.717, 1.165) is 0 Å². The van der Waals surface area contributed by atoms with E-state index in [0.29, 0.717) is 17.1 Å². The SMILES string of the molecule is CNc1cc(-c2cccc([N+](=O)[O-])c2)ncn1. The Labute approximate surface area is 97.5 Å². The standard InChI is InChI=1S/C11H10N4O2/c1-12-11-6-10(13-7-14-11)8-3-2-4-9(5-8)15(16)17/h2-7H,1H3,(H,12,13,14). The van der Waals surface area contributed by atoms with Crippen LogP contribution in [0.15, 0.2) is 36.7 Å². The molecule has 0 radical (unpaired) electrons. The molecule has 1 aromatic heterocycles. The molecule has 6 nitrogen and oxygen atoms in total. The first-order valence-electron chi connectivity index (χ1n) is 4.95. The molecule has 2 rings (SSSR count). The van der Waals surface area contributed by atoms with Crippen molar-refractivity contribution in [2.75, 3.05) is 12.4 Å². The molecule has 0 bridgehead atoms. The minimum Gasteiger partial charge on any atom is -0.373 e. The molecule has 0 saturated heterocycles. The van der Waals surface area contributed by atoms with Gasteiger partial charge in [-0.05, 0) is 0 Å². The molecule has 0 aliphatic carbocycles. The third-order valence-electron chi connectivity index (χ3n) is 2.28. The Balaban J connectivity index is 2.45. The van der Waals surface area contributed by atoms with Crippen LogP contribution in [0.4, 0.5) is 11.5 Å². The van der Waals surface area contributed by atoms with Gasteiger partial charge in [0, 0.05) is 30.8 Å². The molecular formula is C11H10N4O2. The number of hydrogen-bond donors (Lipinski definition) is 1. The van der Waals surface area contributed by atoms with Gasteiger partial charge in [-0.25, -0.2) is 9.97 Å². The van der Waals surface area contributed by atoms with Crippen LogP contribution in [0.25, 0.3) is 11.3 Å². The van der Waals surface area contributed by atoms with Gasteiger partial charge in [0.2, 0.25) is 0 Å². The maximum absolute atomic E-state index is 10.7. The van der Waals surface area contributed by atoms with Crippen molar-refractivity contribution < 1.29 is 4.92 Å². The number of nitro groups is 1. The van der Waals surface area contributed by atoms with E-state index >= 15 is 0 Å². The zero-order valence-electron chi connectivity index (χ0n) is 9.12. The van der Waals surface area contributed by atoms with Crippen LogP contribution in [0.1, 0.15) is 0 Å². The molecule has 0 atom stereocenters. The fourth-order valence-corrected chi connectivity index (χ4v) is 1.43. The number of nitro benzene ring substituents is 1. The molecule has 2 aromatic rings. The molecule has 0 aliphatic rings. The molecule has 0 amide bonds. The quantitative estimate of drug-likeness (QED) is 0.645. The van der Waals surface area contributed by atoms with Gasteiger partial charge in [-0.15, -0.1) is 0 Å². The summed E-state index contributed by atoms with van der Waals surface area (Å²) in [5.41, 5.74) is 1.39. The number of anilines is 1. The van der Waals surface area contributed by atoms with E-state index in [1.165, 1.54) is 18.5 Å². The summed E-state index contributed by atoms with van der Waals surface area (Å²) in [6.45, 7) is 0. The highest BCUT2D eigenvalue weighted by atomic mass is 16.6. The Kier molecular flexibility index (Phi) is 2.95. The average molecular weight is 230 g/mol. The Hall–Kier alpha value is -2.50. The van der Waals surface area contributed by atoms with Crippen LogP contribution in [0.2, 0.25) is 0 Å². The molecule has 17 heavy (non-hydrogen) atoms. The molecule has 1 N–H and O–H groups in total. The van der Waals surface area contributed by atoms with E-state index < -0.39 is 4.92 Å². The van der Waals surface area contributed by atoms with Gasteiger partial charge in [-0.1, -0.05) is 12.1 Å². The summed E-state index contributed by atoms with van der Waals surface area (Å²) in [5.74, 6) is 0.668. The Morgan fingerprint density at radius 3 is 2.82 bits per heavy atom. The van der Waals surface area contributed by atoms with Crippen molar-refractivity contribution in [3.63, 3.8) is 0 Å². The van der Waals surface area contributed by atoms with E-state index in [4.69, 9.17) is 0 Å². The molecule has 0 unspecified atom stereocenters. The third kappa shape index (κ3) is 2.36. The number of nitrogens with one attached hydrogen (secondary N) is 1. The summed E-state index contributed by atoms with van der Waals surface area (Å²) in [5, 5.41) is 13.6. The van der Waals surface area contributed by atoms with Crippen LogP contribution in [0, 0.1) is 10.1 Å². The lowest BCUT2D eigenvalue weighted by Gasteiger charge is -2.03. The van der Waals surface area contributed by atoms with Crippen molar-refractivity contribution in [2.24, 2.45) is 0 Å². The Morgan fingerprint density at radius 1 is 1.29 bits per heavy atom. The largest absolute Gasteiger partial charge is 0.373 e. The molecule has 0 fully saturated rings. The highest BCUT2D eigenvalue weighted by Gasteiger charge is 2.08. The van der Waals surface area contributed by atoms with Gasteiger partial charge >= 0.3 is 0 Å². The minimum absolute atomic E-state index is 0.0483. The summed E-state index contributed by atoms with van der Waals surface area (Å²) in [6, 6.07) is 8.08. The van der Waals surface area contributed by atoms with E-state index in [-0.39, 0.29) is 5.69 Å². The molecule has 0 aliphatic heterocycles. The van der Waals surface area contributed by atoms with Crippen LogP contribution >= 0.6 is 0 Å². The molecule has 1 heterocycles. The lowest BCUT2D eigenvalue weighted by molar-refractivity contribution is -0.384. The summed E-state index contributed by atoms with van der Waals surface area (Å²) >= 11 is 0. The van der Waals surface area contributed by atoms with Gasteiger partial charge in [-0.2, -0.15) is 0 Å². The van der Waals surface area contributed by atoms with E-state index in [9.17, 15) is 10.1 Å². The van der Waals surface area contributed by atoms with Gasteiger partial charge in [0.1, 0.15) is 12.1 Å². The van der Waals surface area contributed by atoms with Gasteiger partial charge in [0.15, 0.2) is 0 Å². The number of hydrogen-bond acceptors (Lipinski definition) is 5. The topological polar surface area (TPSA) is 81.0 Å².